The Balaban J connectivity index is 2.13. The summed E-state index contributed by atoms with van der Waals surface area (Å²) in [4.78, 5) is 2.08. The average molecular weight is 197 g/mol. The molecule has 0 spiro atoms. The van der Waals surface area contributed by atoms with E-state index >= 15 is 0 Å². The van der Waals surface area contributed by atoms with Crippen LogP contribution in [0.4, 0.5) is 0 Å². The molecule has 0 saturated carbocycles. The van der Waals surface area contributed by atoms with Crippen molar-refractivity contribution in [3.63, 3.8) is 0 Å². The Kier molecular flexibility index (Phi) is 2.13. The summed E-state index contributed by atoms with van der Waals surface area (Å²) in [7, 11) is 1.83. The van der Waals surface area contributed by atoms with Crippen molar-refractivity contribution in [1.82, 2.24) is 25.0 Å². The van der Waals surface area contributed by atoms with Crippen LogP contribution in [0, 0.1) is 0 Å². The van der Waals surface area contributed by atoms with E-state index in [1.165, 1.54) is 0 Å². The molecule has 6 heteroatoms. The van der Waals surface area contributed by atoms with E-state index in [1.807, 2.05) is 7.05 Å². The van der Waals surface area contributed by atoms with Crippen LogP contribution in [0.25, 0.3) is 0 Å². The van der Waals surface area contributed by atoms with Gasteiger partial charge in [0.15, 0.2) is 10.9 Å². The van der Waals surface area contributed by atoms with Crippen LogP contribution in [0.3, 0.4) is 0 Å². The predicted octanol–water partition coefficient (Wildman–Crippen LogP) is -0.402. The first-order chi connectivity index (χ1) is 6.31. The molecule has 0 bridgehead atoms. The maximum Gasteiger partial charge on any atom is 0.169 e. The van der Waals surface area contributed by atoms with Gasteiger partial charge in [0, 0.05) is 20.1 Å². The summed E-state index contributed by atoms with van der Waals surface area (Å²) in [5.74, 6) is 0.976. The number of fused-ring (bicyclic) bond motifs is 1. The molecule has 5 nitrogen and oxygen atoms in total. The number of hydrogen-bond donors (Lipinski definition) is 1. The molecule has 2 rings (SSSR count). The smallest absolute Gasteiger partial charge is 0.169 e. The Hall–Kier alpha value is -1.17. The van der Waals surface area contributed by atoms with E-state index < -0.39 is 0 Å². The van der Waals surface area contributed by atoms with E-state index in [9.17, 15) is 0 Å². The fourth-order valence-corrected chi connectivity index (χ4v) is 1.55. The Morgan fingerprint density at radius 3 is 3.23 bits per heavy atom. The molecule has 0 radical (unpaired) electrons. The number of aromatic nitrogens is 3. The molecule has 0 saturated heterocycles. The molecule has 0 unspecified atom stereocenters. The van der Waals surface area contributed by atoms with Crippen molar-refractivity contribution in [2.45, 2.75) is 13.1 Å². The monoisotopic (exact) mass is 197 g/mol. The van der Waals surface area contributed by atoms with Crippen LogP contribution >= 0.6 is 12.2 Å². The van der Waals surface area contributed by atoms with E-state index in [1.54, 1.807) is 6.33 Å². The molecule has 1 aliphatic heterocycles. The molecular weight excluding hydrogens is 186 g/mol. The third kappa shape index (κ3) is 1.49. The van der Waals surface area contributed by atoms with Crippen molar-refractivity contribution in [3.05, 3.63) is 12.2 Å². The summed E-state index contributed by atoms with van der Waals surface area (Å²) >= 11 is 5.14. The van der Waals surface area contributed by atoms with Crippen LogP contribution < -0.4 is 5.32 Å². The lowest BCUT2D eigenvalue weighted by molar-refractivity contribution is 0.327. The lowest BCUT2D eigenvalue weighted by Crippen LogP contribution is -2.42. The van der Waals surface area contributed by atoms with E-state index in [4.69, 9.17) is 12.2 Å². The Bertz CT molecular complexity index is 320. The summed E-state index contributed by atoms with van der Waals surface area (Å²) in [6.07, 6.45) is 1.76. The molecule has 1 aromatic rings. The first kappa shape index (κ1) is 8.43. The van der Waals surface area contributed by atoms with Gasteiger partial charge in [-0.2, -0.15) is 0 Å². The van der Waals surface area contributed by atoms with Gasteiger partial charge < -0.3 is 14.8 Å². The number of nitrogens with one attached hydrogen (secondary N) is 1. The SMILES string of the molecule is CNC(=S)N1CCn2cnnc2C1. The van der Waals surface area contributed by atoms with Crippen molar-refractivity contribution in [2.75, 3.05) is 13.6 Å². The Morgan fingerprint density at radius 2 is 2.46 bits per heavy atom. The maximum atomic E-state index is 5.14. The Morgan fingerprint density at radius 1 is 1.62 bits per heavy atom. The van der Waals surface area contributed by atoms with Crippen molar-refractivity contribution < 1.29 is 0 Å². The van der Waals surface area contributed by atoms with Gasteiger partial charge in [-0.25, -0.2) is 0 Å². The van der Waals surface area contributed by atoms with Crippen molar-refractivity contribution >= 4 is 17.3 Å². The highest BCUT2D eigenvalue weighted by Crippen LogP contribution is 2.08. The fourth-order valence-electron chi connectivity index (χ4n) is 1.40. The predicted molar refractivity (Wildman–Crippen MR) is 52.1 cm³/mol. The molecule has 0 amide bonds. The molecule has 1 N–H and O–H groups in total. The Labute approximate surface area is 81.7 Å². The largest absolute Gasteiger partial charge is 0.366 e. The second-order valence-corrected chi connectivity index (χ2v) is 3.30. The van der Waals surface area contributed by atoms with Gasteiger partial charge in [-0.3, -0.25) is 0 Å². The lowest BCUT2D eigenvalue weighted by atomic mass is 10.4. The van der Waals surface area contributed by atoms with E-state index in [0.29, 0.717) is 0 Å². The van der Waals surface area contributed by atoms with E-state index in [-0.39, 0.29) is 0 Å². The van der Waals surface area contributed by atoms with E-state index in [0.717, 1.165) is 30.6 Å². The molecule has 13 heavy (non-hydrogen) atoms. The molecule has 0 aromatic carbocycles. The minimum atomic E-state index is 0.750. The first-order valence-corrected chi connectivity index (χ1v) is 4.55. The number of thiocarbonyl (C=S) groups is 1. The molecule has 0 aliphatic carbocycles. The zero-order chi connectivity index (χ0) is 9.26. The van der Waals surface area contributed by atoms with Gasteiger partial charge in [0.25, 0.3) is 0 Å². The molecule has 1 aliphatic rings. The topological polar surface area (TPSA) is 46.0 Å². The van der Waals surface area contributed by atoms with Crippen LogP contribution in [0.15, 0.2) is 6.33 Å². The van der Waals surface area contributed by atoms with Gasteiger partial charge in [0.2, 0.25) is 0 Å². The lowest BCUT2D eigenvalue weighted by Gasteiger charge is -2.28. The zero-order valence-electron chi connectivity index (χ0n) is 7.40. The maximum absolute atomic E-state index is 5.14. The highest BCUT2D eigenvalue weighted by Gasteiger charge is 2.18. The quantitative estimate of drug-likeness (QED) is 0.573. The number of nitrogens with zero attached hydrogens (tertiary/aromatic N) is 4. The van der Waals surface area contributed by atoms with Gasteiger partial charge in [0.1, 0.15) is 6.33 Å². The molecule has 1 aromatic heterocycles. The van der Waals surface area contributed by atoms with Crippen LogP contribution in [0.5, 0.6) is 0 Å². The minimum absolute atomic E-state index is 0.750. The summed E-state index contributed by atoms with van der Waals surface area (Å²) in [6.45, 7) is 2.58. The molecule has 0 atom stereocenters. The molecule has 2 heterocycles. The van der Waals surface area contributed by atoms with Crippen LogP contribution in [0.2, 0.25) is 0 Å². The molecule has 70 valence electrons. The number of hydrogen-bond acceptors (Lipinski definition) is 3. The van der Waals surface area contributed by atoms with Gasteiger partial charge in [-0.05, 0) is 12.2 Å². The second-order valence-electron chi connectivity index (χ2n) is 2.92. The van der Waals surface area contributed by atoms with Gasteiger partial charge in [0.05, 0.1) is 6.54 Å². The number of rotatable bonds is 0. The normalized spacial score (nSPS) is 15.3. The first-order valence-electron chi connectivity index (χ1n) is 4.14. The van der Waals surface area contributed by atoms with Crippen LogP contribution in [-0.4, -0.2) is 38.4 Å². The average Bonchev–Trinajstić information content (AvgIpc) is 2.63. The van der Waals surface area contributed by atoms with Crippen molar-refractivity contribution in [1.29, 1.82) is 0 Å². The zero-order valence-corrected chi connectivity index (χ0v) is 8.21. The van der Waals surface area contributed by atoms with Crippen molar-refractivity contribution in [3.8, 4) is 0 Å². The summed E-state index contributed by atoms with van der Waals surface area (Å²) in [5, 5.41) is 11.6. The van der Waals surface area contributed by atoms with Crippen LogP contribution in [-0.2, 0) is 13.1 Å². The minimum Gasteiger partial charge on any atom is -0.366 e. The van der Waals surface area contributed by atoms with Crippen molar-refractivity contribution in [2.24, 2.45) is 0 Å². The van der Waals surface area contributed by atoms with Gasteiger partial charge in [-0.15, -0.1) is 10.2 Å². The third-order valence-electron chi connectivity index (χ3n) is 2.14. The van der Waals surface area contributed by atoms with Gasteiger partial charge >= 0.3 is 0 Å². The van der Waals surface area contributed by atoms with E-state index in [2.05, 4.69) is 25.0 Å². The van der Waals surface area contributed by atoms with Crippen LogP contribution in [0.1, 0.15) is 5.82 Å². The highest BCUT2D eigenvalue weighted by atomic mass is 32.1. The molecule has 0 fully saturated rings. The molecular formula is C7H11N5S. The second kappa shape index (κ2) is 3.29. The standard InChI is InChI=1S/C7H11N5S/c1-8-7(13)11-2-3-12-5-9-10-6(12)4-11/h5H,2-4H2,1H3,(H,8,13). The third-order valence-corrected chi connectivity index (χ3v) is 2.60. The van der Waals surface area contributed by atoms with Gasteiger partial charge in [-0.1, -0.05) is 0 Å². The highest BCUT2D eigenvalue weighted by molar-refractivity contribution is 7.80. The summed E-state index contributed by atoms with van der Waals surface area (Å²) < 4.78 is 2.05. The summed E-state index contributed by atoms with van der Waals surface area (Å²) in [6, 6.07) is 0. The summed E-state index contributed by atoms with van der Waals surface area (Å²) in [5.41, 5.74) is 0. The fraction of sp³-hybridized carbons (Fsp3) is 0.571.